The summed E-state index contributed by atoms with van der Waals surface area (Å²) in [5.74, 6) is 0.355. The summed E-state index contributed by atoms with van der Waals surface area (Å²) in [7, 11) is -2.73. The lowest BCUT2D eigenvalue weighted by atomic mass is 9.86. The van der Waals surface area contributed by atoms with Crippen molar-refractivity contribution >= 4 is 84.7 Å². The highest BCUT2D eigenvalue weighted by Gasteiger charge is 2.41. The first kappa shape index (κ1) is 44.0. The minimum absolute atomic E-state index is 0.355. The first-order valence-corrected chi connectivity index (χ1v) is 28.5. The van der Waals surface area contributed by atoms with Gasteiger partial charge in [-0.25, -0.2) is 0 Å². The average molecular weight is 986 g/mol. The molecular weight excluding hydrogens is 935 g/mol. The molecule has 15 rings (SSSR count). The lowest BCUT2D eigenvalue weighted by molar-refractivity contribution is 0.820. The van der Waals surface area contributed by atoms with Crippen molar-refractivity contribution in [2.24, 2.45) is 0 Å². The summed E-state index contributed by atoms with van der Waals surface area (Å²) in [5.41, 5.74) is 18.5. The fourth-order valence-electron chi connectivity index (χ4n) is 13.0. The number of nitrogens with zero attached hydrogens (tertiary/aromatic N) is 3. The highest BCUT2D eigenvalue weighted by molar-refractivity contribution is 7.19. The molecular formula is C72H51N3Si. The monoisotopic (exact) mass is 985 g/mol. The summed E-state index contributed by atoms with van der Waals surface area (Å²) < 4.78 is 4.90. The van der Waals surface area contributed by atoms with Crippen molar-refractivity contribution in [3.63, 3.8) is 0 Å². The number of hydrogen-bond donors (Lipinski definition) is 0. The Morgan fingerprint density at radius 2 is 0.763 bits per heavy atom. The second-order valence-electron chi connectivity index (χ2n) is 20.4. The first-order chi connectivity index (χ1) is 37.7. The molecule has 2 aliphatic rings. The number of allylic oxidation sites excluding steroid dienone is 1. The smallest absolute Gasteiger partial charge is 0.179 e. The van der Waals surface area contributed by atoms with Gasteiger partial charge in [0, 0.05) is 61.8 Å². The molecule has 4 heteroatoms. The van der Waals surface area contributed by atoms with Gasteiger partial charge in [0.25, 0.3) is 0 Å². The van der Waals surface area contributed by atoms with Gasteiger partial charge in [0.05, 0.1) is 16.6 Å². The third-order valence-electron chi connectivity index (χ3n) is 16.4. The minimum Gasteiger partial charge on any atom is -0.312 e. The van der Waals surface area contributed by atoms with Gasteiger partial charge < -0.3 is 14.0 Å². The van der Waals surface area contributed by atoms with Crippen molar-refractivity contribution < 1.29 is 0 Å². The Hall–Kier alpha value is -9.48. The van der Waals surface area contributed by atoms with E-state index in [4.69, 9.17) is 0 Å². The molecule has 1 aliphatic heterocycles. The molecule has 0 fully saturated rings. The maximum absolute atomic E-state index is 2.73. The van der Waals surface area contributed by atoms with Crippen LogP contribution in [0.5, 0.6) is 0 Å². The summed E-state index contributed by atoms with van der Waals surface area (Å²) in [5, 5.41) is 9.30. The molecule has 3 heterocycles. The summed E-state index contributed by atoms with van der Waals surface area (Å²) >= 11 is 0. The number of anilines is 3. The molecule has 13 aromatic rings. The van der Waals surface area contributed by atoms with Crippen LogP contribution in [0.3, 0.4) is 0 Å². The van der Waals surface area contributed by atoms with E-state index < -0.39 is 8.07 Å². The van der Waals surface area contributed by atoms with E-state index in [9.17, 15) is 0 Å². The molecule has 1 atom stereocenters. The zero-order chi connectivity index (χ0) is 50.2. The van der Waals surface area contributed by atoms with Crippen LogP contribution in [0.25, 0.3) is 72.4 Å². The van der Waals surface area contributed by atoms with Crippen molar-refractivity contribution in [2.45, 2.75) is 12.3 Å². The molecule has 0 saturated heterocycles. The molecule has 76 heavy (non-hydrogen) atoms. The maximum atomic E-state index is 2.52. The van der Waals surface area contributed by atoms with E-state index >= 15 is 0 Å². The van der Waals surface area contributed by atoms with Gasteiger partial charge in [-0.2, -0.15) is 0 Å². The highest BCUT2D eigenvalue weighted by Crippen LogP contribution is 2.50. The number of aromatic nitrogens is 2. The van der Waals surface area contributed by atoms with E-state index in [0.717, 1.165) is 29.2 Å². The Kier molecular flexibility index (Phi) is 10.4. The quantitative estimate of drug-likeness (QED) is 0.0983. The Labute approximate surface area is 444 Å². The maximum Gasteiger partial charge on any atom is 0.179 e. The van der Waals surface area contributed by atoms with Gasteiger partial charge in [-0.05, 0) is 134 Å². The molecule has 0 N–H and O–H groups in total. The number of para-hydroxylation sites is 3. The second kappa shape index (κ2) is 17.9. The molecule has 3 nitrogen and oxygen atoms in total. The van der Waals surface area contributed by atoms with Gasteiger partial charge in [-0.1, -0.05) is 212 Å². The van der Waals surface area contributed by atoms with Crippen molar-refractivity contribution in [3.05, 3.63) is 302 Å². The molecule has 1 aliphatic carbocycles. The van der Waals surface area contributed by atoms with Gasteiger partial charge in [-0.15, -0.1) is 0 Å². The molecule has 0 radical (unpaired) electrons. The van der Waals surface area contributed by atoms with Crippen LogP contribution in [-0.4, -0.2) is 17.2 Å². The summed E-state index contributed by atoms with van der Waals surface area (Å²) in [6.07, 6.45) is 5.72. The van der Waals surface area contributed by atoms with Crippen LogP contribution in [0.15, 0.2) is 285 Å². The predicted octanol–water partition coefficient (Wildman–Crippen LogP) is 15.8. The van der Waals surface area contributed by atoms with Crippen LogP contribution in [-0.2, 0) is 0 Å². The molecule has 1 unspecified atom stereocenters. The van der Waals surface area contributed by atoms with Crippen molar-refractivity contribution in [1.82, 2.24) is 9.13 Å². The van der Waals surface area contributed by atoms with Crippen molar-refractivity contribution in [3.8, 4) is 33.6 Å². The zero-order valence-electron chi connectivity index (χ0n) is 41.8. The highest BCUT2D eigenvalue weighted by atomic mass is 28.3. The topological polar surface area (TPSA) is 13.1 Å². The fourth-order valence-corrected chi connectivity index (χ4v) is 17.7. The fraction of sp³-hybridized carbons (Fsp3) is 0.0278. The van der Waals surface area contributed by atoms with E-state index in [1.165, 1.54) is 98.2 Å². The Balaban J connectivity index is 0.815. The number of benzene rings is 11. The van der Waals surface area contributed by atoms with E-state index in [-0.39, 0.29) is 0 Å². The van der Waals surface area contributed by atoms with Crippen molar-refractivity contribution in [1.29, 1.82) is 0 Å². The average Bonchev–Trinajstić information content (AvgIpc) is 4.25. The largest absolute Gasteiger partial charge is 0.312 e. The molecule has 0 bridgehead atoms. The second-order valence-corrected chi connectivity index (χ2v) is 24.2. The normalized spacial score (nSPS) is 13.6. The molecule has 0 amide bonds. The number of rotatable bonds is 10. The van der Waals surface area contributed by atoms with Gasteiger partial charge in [0.15, 0.2) is 8.07 Å². The SMILES string of the molecule is C1=Cc2c3n(c4ccccc24)-c2ccc(-c4ccc(N(c5ccc(-c6ccc(-n7c8ccccc8c8ccccc87)cc6)cc5)c5ccc([Si](c6ccccc6)(c6ccccc6)c6ccccc6)cc5)cc4)cc2C3C1. The third-order valence-corrected chi connectivity index (χ3v) is 21.2. The van der Waals surface area contributed by atoms with Crippen LogP contribution in [0.4, 0.5) is 17.1 Å². The van der Waals surface area contributed by atoms with Crippen LogP contribution in [0.2, 0.25) is 0 Å². The van der Waals surface area contributed by atoms with E-state index in [1.807, 2.05) is 0 Å². The Bertz CT molecular complexity index is 4180. The molecule has 0 spiro atoms. The van der Waals surface area contributed by atoms with Crippen LogP contribution >= 0.6 is 0 Å². The Morgan fingerprint density at radius 1 is 0.355 bits per heavy atom. The van der Waals surface area contributed by atoms with Crippen LogP contribution in [0, 0.1) is 0 Å². The van der Waals surface area contributed by atoms with Gasteiger partial charge in [-0.3, -0.25) is 0 Å². The molecule has 0 saturated carbocycles. The van der Waals surface area contributed by atoms with E-state index in [0.29, 0.717) is 5.92 Å². The van der Waals surface area contributed by atoms with Gasteiger partial charge >= 0.3 is 0 Å². The number of fused-ring (bicyclic) bond motifs is 9. The standard InChI is InChI=1S/C72H51N3Si/c1-4-17-58(18-5-1)76(59-19-6-2-7-20-59,60-21-8-3-9-22-60)61-46-44-56(45-47-61)73(54-38-31-50(32-39-54)51-33-42-57(43-34-51)74-68-28-13-10-23-62(68)63-24-11-14-29-69(63)74)55-40-35-52(36-41-55)53-37-48-71-67(49-53)66-27-16-26-65-64-25-12-15-30-70(64)75(71)72(65)66/h1-26,28-49,66H,27H2. The minimum atomic E-state index is -2.73. The summed E-state index contributed by atoms with van der Waals surface area (Å²) in [4.78, 5) is 2.41. The predicted molar refractivity (Wildman–Crippen MR) is 322 cm³/mol. The Morgan fingerprint density at radius 3 is 1.29 bits per heavy atom. The lowest BCUT2D eigenvalue weighted by Crippen LogP contribution is -2.74. The number of hydrogen-bond acceptors (Lipinski definition) is 1. The third kappa shape index (κ3) is 6.88. The van der Waals surface area contributed by atoms with E-state index in [1.54, 1.807) is 0 Å². The first-order valence-electron chi connectivity index (χ1n) is 26.5. The molecule has 2 aromatic heterocycles. The lowest BCUT2D eigenvalue weighted by Gasteiger charge is -2.35. The zero-order valence-corrected chi connectivity index (χ0v) is 42.8. The van der Waals surface area contributed by atoms with Gasteiger partial charge in [0.2, 0.25) is 0 Å². The van der Waals surface area contributed by atoms with Gasteiger partial charge in [0.1, 0.15) is 0 Å². The summed E-state index contributed by atoms with van der Waals surface area (Å²) in [6.45, 7) is 0. The van der Waals surface area contributed by atoms with Crippen molar-refractivity contribution in [2.75, 3.05) is 4.90 Å². The molecule has 358 valence electrons. The van der Waals surface area contributed by atoms with Crippen LogP contribution in [0.1, 0.15) is 29.2 Å². The van der Waals surface area contributed by atoms with E-state index in [2.05, 4.69) is 305 Å². The van der Waals surface area contributed by atoms with Crippen LogP contribution < -0.4 is 25.6 Å². The molecule has 11 aromatic carbocycles. The summed E-state index contributed by atoms with van der Waals surface area (Å²) in [6, 6.07) is 104.